The Morgan fingerprint density at radius 2 is 1.95 bits per heavy atom. The number of aromatic nitrogens is 4. The van der Waals surface area contributed by atoms with E-state index in [1.807, 2.05) is 0 Å². The first kappa shape index (κ1) is 14.0. The van der Waals surface area contributed by atoms with Gasteiger partial charge in [-0.25, -0.2) is 9.78 Å². The standard InChI is InChI=1S/C14H19FN4O2/c1-18-12-11(16-8-17-12)13(20)19(14(18)21)7-10-4-2-9(6-15)3-5-10/h8-10H,2-7H2,1H3,(H,16,17)/t9-,10-. The van der Waals surface area contributed by atoms with Crippen molar-refractivity contribution >= 4 is 11.2 Å². The molecule has 2 aromatic rings. The van der Waals surface area contributed by atoms with Gasteiger partial charge in [-0.3, -0.25) is 18.3 Å². The number of hydrogen-bond donors (Lipinski definition) is 1. The third kappa shape index (κ3) is 2.41. The van der Waals surface area contributed by atoms with Gasteiger partial charge in [0, 0.05) is 13.6 Å². The van der Waals surface area contributed by atoms with E-state index in [0.717, 1.165) is 25.7 Å². The van der Waals surface area contributed by atoms with Crippen molar-refractivity contribution in [3.05, 3.63) is 27.2 Å². The van der Waals surface area contributed by atoms with Gasteiger partial charge in [-0.15, -0.1) is 0 Å². The van der Waals surface area contributed by atoms with Crippen LogP contribution in [0, 0.1) is 11.8 Å². The predicted octanol–water partition coefficient (Wildman–Crippen LogP) is 1.20. The Labute approximate surface area is 120 Å². The average Bonchev–Trinajstić information content (AvgIpc) is 3.00. The Hall–Kier alpha value is -1.92. The van der Waals surface area contributed by atoms with Crippen molar-refractivity contribution in [1.82, 2.24) is 19.1 Å². The summed E-state index contributed by atoms with van der Waals surface area (Å²) in [6.07, 6.45) is 4.82. The molecule has 21 heavy (non-hydrogen) atoms. The first-order valence-electron chi connectivity index (χ1n) is 7.30. The number of rotatable bonds is 3. The van der Waals surface area contributed by atoms with Gasteiger partial charge in [0.15, 0.2) is 5.65 Å². The van der Waals surface area contributed by atoms with E-state index in [4.69, 9.17) is 0 Å². The number of alkyl halides is 1. The summed E-state index contributed by atoms with van der Waals surface area (Å²) in [5, 5.41) is 0. The topological polar surface area (TPSA) is 72.7 Å². The van der Waals surface area contributed by atoms with Crippen LogP contribution in [0.2, 0.25) is 0 Å². The molecule has 0 aromatic carbocycles. The first-order valence-corrected chi connectivity index (χ1v) is 7.30. The zero-order valence-corrected chi connectivity index (χ0v) is 12.0. The van der Waals surface area contributed by atoms with Crippen LogP contribution in [0.1, 0.15) is 25.7 Å². The van der Waals surface area contributed by atoms with Crippen molar-refractivity contribution in [2.24, 2.45) is 18.9 Å². The van der Waals surface area contributed by atoms with Crippen molar-refractivity contribution in [2.45, 2.75) is 32.2 Å². The number of nitrogens with zero attached hydrogens (tertiary/aromatic N) is 3. The van der Waals surface area contributed by atoms with Crippen LogP contribution in [0.4, 0.5) is 4.39 Å². The molecule has 0 spiro atoms. The van der Waals surface area contributed by atoms with Crippen molar-refractivity contribution < 1.29 is 4.39 Å². The number of hydrogen-bond acceptors (Lipinski definition) is 3. The third-order valence-corrected chi connectivity index (χ3v) is 4.54. The highest BCUT2D eigenvalue weighted by atomic mass is 19.1. The molecule has 1 N–H and O–H groups in total. The van der Waals surface area contributed by atoms with E-state index in [2.05, 4.69) is 9.97 Å². The molecule has 0 atom stereocenters. The van der Waals surface area contributed by atoms with Crippen LogP contribution in [-0.4, -0.2) is 25.8 Å². The normalized spacial score (nSPS) is 22.8. The lowest BCUT2D eigenvalue weighted by molar-refractivity contribution is 0.214. The zero-order chi connectivity index (χ0) is 15.0. The Bertz CT molecular complexity index is 752. The average molecular weight is 294 g/mol. The van der Waals surface area contributed by atoms with E-state index in [0.29, 0.717) is 17.7 Å². The number of aryl methyl sites for hydroxylation is 1. The number of aromatic amines is 1. The fourth-order valence-corrected chi connectivity index (χ4v) is 3.18. The summed E-state index contributed by atoms with van der Waals surface area (Å²) in [5.74, 6) is 0.412. The molecule has 6 nitrogen and oxygen atoms in total. The van der Waals surface area contributed by atoms with Gasteiger partial charge in [0.2, 0.25) is 0 Å². The molecular weight excluding hydrogens is 275 g/mol. The van der Waals surface area contributed by atoms with Crippen LogP contribution in [0.5, 0.6) is 0 Å². The summed E-state index contributed by atoms with van der Waals surface area (Å²) in [4.78, 5) is 31.5. The van der Waals surface area contributed by atoms with Crippen LogP contribution in [0.15, 0.2) is 15.9 Å². The summed E-state index contributed by atoms with van der Waals surface area (Å²) < 4.78 is 15.3. The fourth-order valence-electron chi connectivity index (χ4n) is 3.18. The van der Waals surface area contributed by atoms with Gasteiger partial charge in [-0.05, 0) is 37.5 Å². The molecule has 2 heterocycles. The van der Waals surface area contributed by atoms with Crippen LogP contribution in [0.25, 0.3) is 11.2 Å². The highest BCUT2D eigenvalue weighted by Gasteiger charge is 2.23. The molecule has 1 aliphatic rings. The number of H-pyrrole nitrogens is 1. The highest BCUT2D eigenvalue weighted by Crippen LogP contribution is 2.29. The Morgan fingerprint density at radius 1 is 1.29 bits per heavy atom. The molecule has 0 bridgehead atoms. The highest BCUT2D eigenvalue weighted by molar-refractivity contribution is 5.68. The van der Waals surface area contributed by atoms with Crippen molar-refractivity contribution in [3.8, 4) is 0 Å². The second-order valence-corrected chi connectivity index (χ2v) is 5.90. The summed E-state index contributed by atoms with van der Waals surface area (Å²) >= 11 is 0. The molecule has 1 aliphatic carbocycles. The predicted molar refractivity (Wildman–Crippen MR) is 77.0 cm³/mol. The van der Waals surface area contributed by atoms with Crippen molar-refractivity contribution in [1.29, 1.82) is 0 Å². The number of halogens is 1. The molecular formula is C14H19FN4O2. The second kappa shape index (κ2) is 5.46. The quantitative estimate of drug-likeness (QED) is 0.924. The van der Waals surface area contributed by atoms with Gasteiger partial charge < -0.3 is 4.98 Å². The Kier molecular flexibility index (Phi) is 3.65. The number of imidazole rings is 1. The van der Waals surface area contributed by atoms with Gasteiger partial charge in [0.05, 0.1) is 13.0 Å². The molecule has 0 saturated heterocycles. The molecule has 0 unspecified atom stereocenters. The van der Waals surface area contributed by atoms with Crippen molar-refractivity contribution in [3.63, 3.8) is 0 Å². The molecule has 2 aromatic heterocycles. The largest absolute Gasteiger partial charge is 0.339 e. The molecule has 0 amide bonds. The van der Waals surface area contributed by atoms with Gasteiger partial charge in [-0.2, -0.15) is 0 Å². The smallest absolute Gasteiger partial charge is 0.332 e. The molecule has 0 radical (unpaired) electrons. The Morgan fingerprint density at radius 3 is 2.62 bits per heavy atom. The maximum atomic E-state index is 12.6. The minimum atomic E-state index is -0.341. The number of fused-ring (bicyclic) bond motifs is 1. The lowest BCUT2D eigenvalue weighted by Gasteiger charge is -2.27. The van der Waals surface area contributed by atoms with E-state index >= 15 is 0 Å². The van der Waals surface area contributed by atoms with Crippen molar-refractivity contribution in [2.75, 3.05) is 6.67 Å². The van der Waals surface area contributed by atoms with E-state index in [1.165, 1.54) is 15.5 Å². The third-order valence-electron chi connectivity index (χ3n) is 4.54. The van der Waals surface area contributed by atoms with E-state index in [1.54, 1.807) is 7.05 Å². The zero-order valence-electron chi connectivity index (χ0n) is 12.0. The minimum Gasteiger partial charge on any atom is -0.339 e. The second-order valence-electron chi connectivity index (χ2n) is 5.90. The molecule has 3 rings (SSSR count). The van der Waals surface area contributed by atoms with Gasteiger partial charge in [0.25, 0.3) is 5.56 Å². The SMILES string of the molecule is Cn1c(=O)n(C[C@H]2CC[C@H](CF)CC2)c(=O)c2[nH]cnc21. The van der Waals surface area contributed by atoms with Crippen LogP contribution in [0.3, 0.4) is 0 Å². The van der Waals surface area contributed by atoms with Gasteiger partial charge >= 0.3 is 5.69 Å². The van der Waals surface area contributed by atoms with Crippen LogP contribution < -0.4 is 11.2 Å². The molecule has 7 heteroatoms. The minimum absolute atomic E-state index is 0.149. The summed E-state index contributed by atoms with van der Waals surface area (Å²) in [7, 11) is 1.61. The number of nitrogens with one attached hydrogen (secondary N) is 1. The van der Waals surface area contributed by atoms with E-state index in [9.17, 15) is 14.0 Å². The molecule has 114 valence electrons. The fraction of sp³-hybridized carbons (Fsp3) is 0.643. The summed E-state index contributed by atoms with van der Waals surface area (Å²) in [5.41, 5.74) is 0.0716. The summed E-state index contributed by atoms with van der Waals surface area (Å²) in [6, 6.07) is 0. The lowest BCUT2D eigenvalue weighted by Crippen LogP contribution is -2.41. The first-order chi connectivity index (χ1) is 10.1. The molecule has 1 saturated carbocycles. The van der Waals surface area contributed by atoms with Crippen LogP contribution >= 0.6 is 0 Å². The van der Waals surface area contributed by atoms with Gasteiger partial charge in [0.1, 0.15) is 5.52 Å². The van der Waals surface area contributed by atoms with Crippen LogP contribution in [-0.2, 0) is 13.6 Å². The van der Waals surface area contributed by atoms with Gasteiger partial charge in [-0.1, -0.05) is 0 Å². The maximum absolute atomic E-state index is 12.6. The summed E-state index contributed by atoms with van der Waals surface area (Å²) in [6.45, 7) is 0.133. The molecule has 1 fully saturated rings. The monoisotopic (exact) mass is 294 g/mol. The lowest BCUT2D eigenvalue weighted by atomic mass is 9.82. The van der Waals surface area contributed by atoms with E-state index in [-0.39, 0.29) is 29.8 Å². The molecule has 0 aliphatic heterocycles. The maximum Gasteiger partial charge on any atom is 0.332 e. The Balaban J connectivity index is 1.91. The van der Waals surface area contributed by atoms with E-state index < -0.39 is 0 Å².